The first-order valence-corrected chi connectivity index (χ1v) is 11.1. The van der Waals surface area contributed by atoms with Crippen LogP contribution in [0.5, 0.6) is 5.75 Å². The smallest absolute Gasteiger partial charge is 0.193 e. The molecule has 1 aliphatic rings. The molecule has 0 amide bonds. The van der Waals surface area contributed by atoms with Crippen LogP contribution >= 0.6 is 35.3 Å². The molecule has 1 aliphatic heterocycles. The molecule has 0 bridgehead atoms. The largest absolute Gasteiger partial charge is 0.489 e. The fourth-order valence-electron chi connectivity index (χ4n) is 3.17. The first-order valence-electron chi connectivity index (χ1n) is 10.2. The number of aliphatic imine (C=N–C) groups is 1. The van der Waals surface area contributed by atoms with E-state index in [-0.39, 0.29) is 35.5 Å². The number of hydrogen-bond donors (Lipinski definition) is 1. The summed E-state index contributed by atoms with van der Waals surface area (Å²) in [6, 6.07) is 6.46. The highest BCUT2D eigenvalue weighted by molar-refractivity contribution is 14.0. The van der Waals surface area contributed by atoms with Gasteiger partial charge in [0.15, 0.2) is 22.7 Å². The fraction of sp³-hybridized carbons (Fsp3) is 0.524. The topological polar surface area (TPSA) is 53.0 Å². The lowest BCUT2D eigenvalue weighted by atomic mass is 10.3. The number of halogens is 2. The normalized spacial score (nSPS) is 13.8. The number of nitrogens with zero attached hydrogens (tertiary/aromatic N) is 4. The molecule has 0 aliphatic carbocycles. The highest BCUT2D eigenvalue weighted by atomic mass is 127. The maximum absolute atomic E-state index is 13.6. The van der Waals surface area contributed by atoms with Crippen LogP contribution in [0.4, 0.5) is 9.52 Å². The summed E-state index contributed by atoms with van der Waals surface area (Å²) in [5, 5.41) is 6.57. The van der Waals surface area contributed by atoms with Crippen molar-refractivity contribution in [3.63, 3.8) is 0 Å². The average Bonchev–Trinajstić information content (AvgIpc) is 3.40. The van der Waals surface area contributed by atoms with Gasteiger partial charge in [-0.25, -0.2) is 9.37 Å². The Morgan fingerprint density at radius 3 is 2.83 bits per heavy atom. The number of nitrogens with one attached hydrogen (secondary N) is 1. The van der Waals surface area contributed by atoms with E-state index in [1.54, 1.807) is 29.5 Å². The van der Waals surface area contributed by atoms with Gasteiger partial charge >= 0.3 is 0 Å². The summed E-state index contributed by atoms with van der Waals surface area (Å²) in [6.07, 6.45) is 3.34. The van der Waals surface area contributed by atoms with Gasteiger partial charge < -0.3 is 19.9 Å². The minimum absolute atomic E-state index is 0. The lowest BCUT2D eigenvalue weighted by Gasteiger charge is -2.22. The number of benzene rings is 1. The molecule has 3 rings (SSSR count). The SMILES string of the molecule is CCNC(=NCCc1csc(N2CCCC2)n1)N(C)CCOc1ccccc1F.I. The molecule has 1 aromatic heterocycles. The molecule has 1 fully saturated rings. The summed E-state index contributed by atoms with van der Waals surface area (Å²) < 4.78 is 19.2. The van der Waals surface area contributed by atoms with Crippen LogP contribution in [0.2, 0.25) is 0 Å². The molecule has 0 radical (unpaired) electrons. The summed E-state index contributed by atoms with van der Waals surface area (Å²) in [5.41, 5.74) is 1.10. The lowest BCUT2D eigenvalue weighted by molar-refractivity contribution is 0.270. The molecule has 166 valence electrons. The molecule has 30 heavy (non-hydrogen) atoms. The van der Waals surface area contributed by atoms with Gasteiger partial charge in [-0.1, -0.05) is 12.1 Å². The summed E-state index contributed by atoms with van der Waals surface area (Å²) in [6.45, 7) is 6.73. The van der Waals surface area contributed by atoms with Gasteiger partial charge in [-0.2, -0.15) is 0 Å². The first-order chi connectivity index (χ1) is 14.2. The van der Waals surface area contributed by atoms with Crippen LogP contribution in [0, 0.1) is 5.82 Å². The number of aromatic nitrogens is 1. The Kier molecular flexibility index (Phi) is 10.6. The van der Waals surface area contributed by atoms with Crippen molar-refractivity contribution in [2.45, 2.75) is 26.2 Å². The van der Waals surface area contributed by atoms with Crippen LogP contribution in [0.1, 0.15) is 25.5 Å². The monoisotopic (exact) mass is 547 g/mol. The molecule has 0 atom stereocenters. The van der Waals surface area contributed by atoms with E-state index in [1.165, 1.54) is 18.9 Å². The summed E-state index contributed by atoms with van der Waals surface area (Å²) >= 11 is 1.73. The fourth-order valence-corrected chi connectivity index (χ4v) is 4.08. The zero-order valence-corrected chi connectivity index (χ0v) is 20.8. The van der Waals surface area contributed by atoms with Crippen LogP contribution in [-0.4, -0.2) is 62.2 Å². The van der Waals surface area contributed by atoms with E-state index in [1.807, 2.05) is 18.9 Å². The van der Waals surface area contributed by atoms with Crippen molar-refractivity contribution < 1.29 is 9.13 Å². The Balaban J connectivity index is 0.00000320. The molecule has 0 spiro atoms. The van der Waals surface area contributed by atoms with Crippen molar-refractivity contribution in [1.82, 2.24) is 15.2 Å². The van der Waals surface area contributed by atoms with Crippen molar-refractivity contribution >= 4 is 46.4 Å². The zero-order chi connectivity index (χ0) is 20.5. The highest BCUT2D eigenvalue weighted by Crippen LogP contribution is 2.24. The van der Waals surface area contributed by atoms with Crippen LogP contribution in [0.25, 0.3) is 0 Å². The molecule has 1 saturated heterocycles. The van der Waals surface area contributed by atoms with Gasteiger partial charge in [-0.15, -0.1) is 35.3 Å². The zero-order valence-electron chi connectivity index (χ0n) is 17.6. The minimum Gasteiger partial charge on any atom is -0.489 e. The number of likely N-dealkylation sites (N-methyl/N-ethyl adjacent to an activating group) is 1. The third-order valence-electron chi connectivity index (χ3n) is 4.76. The second kappa shape index (κ2) is 12.9. The van der Waals surface area contributed by atoms with Crippen LogP contribution in [0.3, 0.4) is 0 Å². The van der Waals surface area contributed by atoms with Crippen LogP contribution in [-0.2, 0) is 6.42 Å². The van der Waals surface area contributed by atoms with E-state index in [4.69, 9.17) is 14.7 Å². The molecule has 6 nitrogen and oxygen atoms in total. The molecule has 0 saturated carbocycles. The second-order valence-electron chi connectivity index (χ2n) is 7.00. The number of ether oxygens (including phenoxy) is 1. The third kappa shape index (κ3) is 7.26. The lowest BCUT2D eigenvalue weighted by Crippen LogP contribution is -2.41. The van der Waals surface area contributed by atoms with Gasteiger partial charge in [-0.05, 0) is 31.9 Å². The molecule has 1 aromatic carbocycles. The molecule has 9 heteroatoms. The standard InChI is InChI=1S/C21H30FN5OS.HI/c1-3-23-20(26(2)14-15-28-19-9-5-4-8-18(19)22)24-11-10-17-16-29-21(25-17)27-12-6-7-13-27;/h4-5,8-9,16H,3,6-7,10-15H2,1-2H3,(H,23,24);1H. The van der Waals surface area contributed by atoms with E-state index >= 15 is 0 Å². The first kappa shape index (κ1) is 24.6. The number of rotatable bonds is 9. The van der Waals surface area contributed by atoms with Gasteiger partial charge in [0.25, 0.3) is 0 Å². The Morgan fingerprint density at radius 1 is 1.33 bits per heavy atom. The van der Waals surface area contributed by atoms with Crippen LogP contribution < -0.4 is 15.0 Å². The van der Waals surface area contributed by atoms with Crippen molar-refractivity contribution in [1.29, 1.82) is 0 Å². The van der Waals surface area contributed by atoms with Gasteiger partial charge in [0.1, 0.15) is 6.61 Å². The number of para-hydroxylation sites is 1. The van der Waals surface area contributed by atoms with E-state index in [2.05, 4.69) is 15.6 Å². The molecular weight excluding hydrogens is 516 g/mol. The highest BCUT2D eigenvalue weighted by Gasteiger charge is 2.15. The van der Waals surface area contributed by atoms with E-state index < -0.39 is 0 Å². The summed E-state index contributed by atoms with van der Waals surface area (Å²) in [5.74, 6) is 0.757. The predicted octanol–water partition coefficient (Wildman–Crippen LogP) is 4.02. The van der Waals surface area contributed by atoms with Crippen molar-refractivity contribution in [3.05, 3.63) is 41.2 Å². The number of thiazole rings is 1. The second-order valence-corrected chi connectivity index (χ2v) is 7.84. The number of hydrogen-bond acceptors (Lipinski definition) is 5. The Morgan fingerprint density at radius 2 is 2.10 bits per heavy atom. The predicted molar refractivity (Wildman–Crippen MR) is 133 cm³/mol. The molecule has 0 unspecified atom stereocenters. The maximum Gasteiger partial charge on any atom is 0.193 e. The van der Waals surface area contributed by atoms with Gasteiger partial charge in [0.2, 0.25) is 0 Å². The quantitative estimate of drug-likeness (QED) is 0.292. The summed E-state index contributed by atoms with van der Waals surface area (Å²) in [4.78, 5) is 13.8. The Bertz CT molecular complexity index is 797. The summed E-state index contributed by atoms with van der Waals surface area (Å²) in [7, 11) is 1.96. The Labute approximate surface area is 199 Å². The molecule has 2 heterocycles. The third-order valence-corrected chi connectivity index (χ3v) is 5.71. The van der Waals surface area contributed by atoms with Crippen molar-refractivity contribution in [2.75, 3.05) is 51.3 Å². The Hall–Kier alpha value is -1.62. The molecule has 1 N–H and O–H groups in total. The van der Waals surface area contributed by atoms with E-state index in [0.717, 1.165) is 42.8 Å². The number of anilines is 1. The van der Waals surface area contributed by atoms with Gasteiger partial charge in [0, 0.05) is 45.0 Å². The van der Waals surface area contributed by atoms with E-state index in [0.29, 0.717) is 19.7 Å². The maximum atomic E-state index is 13.6. The van der Waals surface area contributed by atoms with Gasteiger partial charge in [0.05, 0.1) is 12.2 Å². The van der Waals surface area contributed by atoms with Crippen molar-refractivity contribution in [3.8, 4) is 5.75 Å². The molecule has 2 aromatic rings. The molecular formula is C21H31FIN5OS. The minimum atomic E-state index is -0.340. The van der Waals surface area contributed by atoms with Crippen LogP contribution in [0.15, 0.2) is 34.6 Å². The number of guanidine groups is 1. The average molecular weight is 547 g/mol. The van der Waals surface area contributed by atoms with Gasteiger partial charge in [-0.3, -0.25) is 4.99 Å². The van der Waals surface area contributed by atoms with E-state index in [9.17, 15) is 4.39 Å². The van der Waals surface area contributed by atoms with Crippen molar-refractivity contribution in [2.24, 2.45) is 4.99 Å².